The van der Waals surface area contributed by atoms with Crippen LogP contribution in [0.4, 0.5) is 5.69 Å². The molecule has 0 aliphatic rings. The van der Waals surface area contributed by atoms with Gasteiger partial charge in [0.05, 0.1) is 20.0 Å². The van der Waals surface area contributed by atoms with Gasteiger partial charge in [0.15, 0.2) is 0 Å². The Kier molecular flexibility index (Phi) is 6.60. The zero-order valence-corrected chi connectivity index (χ0v) is 15.8. The molecule has 0 saturated heterocycles. The van der Waals surface area contributed by atoms with Gasteiger partial charge in [-0.25, -0.2) is 4.59 Å². The normalized spacial score (nSPS) is 13.3. The van der Waals surface area contributed by atoms with E-state index in [1.807, 2.05) is 61.5 Å². The zero-order valence-electron chi connectivity index (χ0n) is 15.8. The fraction of sp³-hybridized carbons (Fsp3) is 0.350. The van der Waals surface area contributed by atoms with Crippen molar-refractivity contribution in [2.45, 2.75) is 6.10 Å². The molecule has 0 aliphatic carbocycles. The van der Waals surface area contributed by atoms with E-state index in [1.54, 1.807) is 26.2 Å². The second-order valence-corrected chi connectivity index (χ2v) is 6.93. The first-order chi connectivity index (χ1) is 12.3. The molecule has 1 atom stereocenters. The second-order valence-electron chi connectivity index (χ2n) is 6.93. The van der Waals surface area contributed by atoms with Crippen molar-refractivity contribution in [3.8, 4) is 5.75 Å². The molecule has 0 bridgehead atoms. The monoisotopic (exact) mass is 357 g/mol. The molecule has 2 rings (SSSR count). The van der Waals surface area contributed by atoms with E-state index in [9.17, 15) is 10.2 Å². The molecule has 0 aromatic heterocycles. The van der Waals surface area contributed by atoms with Crippen LogP contribution >= 0.6 is 0 Å². The van der Waals surface area contributed by atoms with Gasteiger partial charge >= 0.3 is 0 Å². The molecule has 2 aromatic carbocycles. The zero-order chi connectivity index (χ0) is 19.2. The van der Waals surface area contributed by atoms with E-state index in [1.165, 1.54) is 0 Å². The average Bonchev–Trinajstić information content (AvgIpc) is 2.60. The maximum atomic E-state index is 12.4. The van der Waals surface area contributed by atoms with Crippen molar-refractivity contribution in [1.82, 2.24) is 0 Å². The number of anilines is 1. The molecular weight excluding hydrogens is 330 g/mol. The van der Waals surface area contributed by atoms with Gasteiger partial charge in [0, 0.05) is 19.8 Å². The van der Waals surface area contributed by atoms with E-state index >= 15 is 0 Å². The number of para-hydroxylation sites is 1. The number of hydrogen-bond acceptors (Lipinski definition) is 5. The Hall–Kier alpha value is -2.57. The molecule has 0 saturated carbocycles. The number of benzene rings is 2. The van der Waals surface area contributed by atoms with E-state index < -0.39 is 6.10 Å². The van der Waals surface area contributed by atoms with Crippen LogP contribution < -0.4 is 14.7 Å². The summed E-state index contributed by atoms with van der Waals surface area (Å²) in [6.07, 6.45) is -0.738. The summed E-state index contributed by atoms with van der Waals surface area (Å²) >= 11 is 0. The highest BCUT2D eigenvalue weighted by molar-refractivity contribution is 5.90. The number of quaternary nitrogens is 1. The summed E-state index contributed by atoms with van der Waals surface area (Å²) in [5, 5.41) is 26.8. The van der Waals surface area contributed by atoms with Crippen LogP contribution in [0.15, 0.2) is 59.7 Å². The first kappa shape index (κ1) is 19.8. The van der Waals surface area contributed by atoms with E-state index in [0.29, 0.717) is 11.3 Å². The first-order valence-corrected chi connectivity index (χ1v) is 8.51. The van der Waals surface area contributed by atoms with Crippen LogP contribution in [0.2, 0.25) is 0 Å². The highest BCUT2D eigenvalue weighted by Gasteiger charge is 2.21. The van der Waals surface area contributed by atoms with Crippen molar-refractivity contribution in [2.24, 2.45) is 5.10 Å². The number of nitrogens with zero attached hydrogens (tertiary/aromatic N) is 3. The quantitative estimate of drug-likeness (QED) is 0.335. The maximum Gasteiger partial charge on any atom is 0.139 e. The van der Waals surface area contributed by atoms with Crippen LogP contribution in [0.5, 0.6) is 5.75 Å². The molecule has 1 N–H and O–H groups in total. The number of aliphatic hydroxyl groups excluding tert-OH is 1. The third-order valence-corrected chi connectivity index (χ3v) is 3.84. The molecule has 0 radical (unpaired) electrons. The largest absolute Gasteiger partial charge is 0.855 e. The molecule has 0 fully saturated rings. The summed E-state index contributed by atoms with van der Waals surface area (Å²) in [7, 11) is 7.44. The van der Waals surface area contributed by atoms with Gasteiger partial charge in [-0.05, 0) is 29.8 Å². The third-order valence-electron chi connectivity index (χ3n) is 3.84. The summed E-state index contributed by atoms with van der Waals surface area (Å²) in [6.45, 7) is 0.418. The van der Waals surface area contributed by atoms with Crippen molar-refractivity contribution in [3.05, 3.63) is 60.2 Å². The fourth-order valence-electron chi connectivity index (χ4n) is 2.52. The summed E-state index contributed by atoms with van der Waals surface area (Å²) < 4.78 is 5.57. The Morgan fingerprint density at radius 1 is 1.12 bits per heavy atom. The third kappa shape index (κ3) is 6.06. The van der Waals surface area contributed by atoms with Crippen molar-refractivity contribution >= 4 is 11.6 Å². The van der Waals surface area contributed by atoms with Crippen molar-refractivity contribution < 1.29 is 19.5 Å². The van der Waals surface area contributed by atoms with Gasteiger partial charge in [-0.15, -0.1) is 0 Å². The van der Waals surface area contributed by atoms with E-state index in [-0.39, 0.29) is 23.6 Å². The predicted octanol–water partition coefficient (Wildman–Crippen LogP) is 1.29. The van der Waals surface area contributed by atoms with E-state index in [0.717, 1.165) is 5.69 Å². The Bertz CT molecular complexity index is 713. The van der Waals surface area contributed by atoms with Gasteiger partial charge in [0.1, 0.15) is 25.0 Å². The molecule has 0 heterocycles. The van der Waals surface area contributed by atoms with Crippen molar-refractivity contribution in [2.75, 3.05) is 46.2 Å². The minimum Gasteiger partial charge on any atom is -0.855 e. The second kappa shape index (κ2) is 8.69. The van der Waals surface area contributed by atoms with Gasteiger partial charge in [0.25, 0.3) is 0 Å². The minimum atomic E-state index is -0.738. The SMILES string of the molecule is CN(C)c1ccc(/C([O-])=N/[N+](C)(C)CC(O)COc2ccccc2)cc1. The lowest BCUT2D eigenvalue weighted by molar-refractivity contribution is -0.901. The Labute approximate surface area is 155 Å². The molecule has 26 heavy (non-hydrogen) atoms. The first-order valence-electron chi connectivity index (χ1n) is 8.51. The highest BCUT2D eigenvalue weighted by Crippen LogP contribution is 2.13. The molecule has 1 unspecified atom stereocenters. The molecular formula is C20H27N3O3. The molecule has 2 aromatic rings. The molecule has 0 spiro atoms. The van der Waals surface area contributed by atoms with Crippen LogP contribution in [0.3, 0.4) is 0 Å². The lowest BCUT2D eigenvalue weighted by Gasteiger charge is -2.27. The topological polar surface area (TPSA) is 68.1 Å². The Balaban J connectivity index is 1.95. The number of aliphatic hydroxyl groups is 1. The number of likely N-dealkylation sites (N-methyl/N-ethyl adjacent to an activating group) is 1. The van der Waals surface area contributed by atoms with Gasteiger partial charge in [-0.1, -0.05) is 35.4 Å². The minimum absolute atomic E-state index is 0.0214. The highest BCUT2D eigenvalue weighted by atomic mass is 16.5. The van der Waals surface area contributed by atoms with Crippen LogP contribution in [-0.2, 0) is 0 Å². The summed E-state index contributed by atoms with van der Waals surface area (Å²) in [4.78, 5) is 1.97. The molecule has 140 valence electrons. The van der Waals surface area contributed by atoms with Crippen molar-refractivity contribution in [3.63, 3.8) is 0 Å². The summed E-state index contributed by atoms with van der Waals surface area (Å²) in [5.74, 6) is 0.391. The van der Waals surface area contributed by atoms with Gasteiger partial charge in [-0.2, -0.15) is 0 Å². The van der Waals surface area contributed by atoms with E-state index in [2.05, 4.69) is 5.10 Å². The standard InChI is InChI=1S/C20H27N3O3/c1-22(2)17-12-10-16(11-13-17)20(25)21-23(3,4)14-18(24)15-26-19-8-6-5-7-9-19/h5-13,18,24H,14-15H2,1-4H3. The summed E-state index contributed by atoms with van der Waals surface area (Å²) in [5.41, 5.74) is 1.54. The maximum absolute atomic E-state index is 12.4. The Morgan fingerprint density at radius 2 is 1.73 bits per heavy atom. The molecule has 0 amide bonds. The molecule has 6 nitrogen and oxygen atoms in total. The lowest BCUT2D eigenvalue weighted by atomic mass is 10.2. The smallest absolute Gasteiger partial charge is 0.139 e. The van der Waals surface area contributed by atoms with Gasteiger partial charge < -0.3 is 19.8 Å². The van der Waals surface area contributed by atoms with Crippen molar-refractivity contribution in [1.29, 1.82) is 0 Å². The van der Waals surface area contributed by atoms with Crippen LogP contribution in [0.25, 0.3) is 0 Å². The van der Waals surface area contributed by atoms with Gasteiger partial charge in [0.2, 0.25) is 0 Å². The van der Waals surface area contributed by atoms with Crippen LogP contribution in [-0.4, -0.2) is 63.0 Å². The average molecular weight is 357 g/mol. The lowest BCUT2D eigenvalue weighted by Crippen LogP contribution is -2.44. The molecule has 6 heteroatoms. The molecule has 0 aliphatic heterocycles. The van der Waals surface area contributed by atoms with Crippen LogP contribution in [0, 0.1) is 0 Å². The fourth-order valence-corrected chi connectivity index (χ4v) is 2.52. The van der Waals surface area contributed by atoms with Gasteiger partial charge in [-0.3, -0.25) is 0 Å². The number of ether oxygens (including phenoxy) is 1. The van der Waals surface area contributed by atoms with E-state index in [4.69, 9.17) is 4.74 Å². The summed E-state index contributed by atoms with van der Waals surface area (Å²) in [6, 6.07) is 16.6. The Morgan fingerprint density at radius 3 is 2.31 bits per heavy atom. The number of rotatable bonds is 8. The number of hydrogen-bond donors (Lipinski definition) is 1. The van der Waals surface area contributed by atoms with Crippen LogP contribution in [0.1, 0.15) is 5.56 Å². The predicted molar refractivity (Wildman–Crippen MR) is 102 cm³/mol.